The average Bonchev–Trinajstić information content (AvgIpc) is 2.74. The fourth-order valence-electron chi connectivity index (χ4n) is 4.01. The van der Waals surface area contributed by atoms with Gasteiger partial charge in [-0.15, -0.1) is 0 Å². The van der Waals surface area contributed by atoms with Crippen molar-refractivity contribution < 1.29 is 17.9 Å². The summed E-state index contributed by atoms with van der Waals surface area (Å²) in [5.41, 5.74) is 2.71. The molecule has 0 aromatic heterocycles. The van der Waals surface area contributed by atoms with Gasteiger partial charge in [0.2, 0.25) is 15.9 Å². The van der Waals surface area contributed by atoms with E-state index in [-0.39, 0.29) is 28.4 Å². The lowest BCUT2D eigenvalue weighted by Crippen LogP contribution is -2.45. The van der Waals surface area contributed by atoms with Gasteiger partial charge in [-0.25, -0.2) is 8.42 Å². The lowest BCUT2D eigenvalue weighted by Gasteiger charge is -2.33. The molecule has 0 radical (unpaired) electrons. The van der Waals surface area contributed by atoms with E-state index in [4.69, 9.17) is 16.3 Å². The van der Waals surface area contributed by atoms with Crippen molar-refractivity contribution in [1.29, 1.82) is 0 Å². The topological polar surface area (TPSA) is 75.7 Å². The third kappa shape index (κ3) is 5.59. The van der Waals surface area contributed by atoms with Crippen LogP contribution in [0.4, 0.5) is 5.69 Å². The van der Waals surface area contributed by atoms with Gasteiger partial charge in [0, 0.05) is 11.7 Å². The monoisotopic (exact) mass is 464 g/mol. The van der Waals surface area contributed by atoms with E-state index in [0.717, 1.165) is 43.2 Å². The van der Waals surface area contributed by atoms with Gasteiger partial charge in [-0.05, 0) is 56.5 Å². The van der Waals surface area contributed by atoms with Crippen molar-refractivity contribution >= 4 is 33.2 Å². The Kier molecular flexibility index (Phi) is 7.62. The summed E-state index contributed by atoms with van der Waals surface area (Å²) in [7, 11) is -2.45. The molecule has 0 spiro atoms. The summed E-state index contributed by atoms with van der Waals surface area (Å²) < 4.78 is 33.5. The second-order valence-corrected chi connectivity index (χ2v) is 10.3. The number of carbonyl (C=O) groups is 1. The van der Waals surface area contributed by atoms with E-state index in [9.17, 15) is 13.2 Å². The van der Waals surface area contributed by atoms with Gasteiger partial charge >= 0.3 is 0 Å². The van der Waals surface area contributed by atoms with Crippen LogP contribution in [0.15, 0.2) is 41.3 Å². The number of sulfonamides is 1. The molecule has 1 fully saturated rings. The number of hydrogen-bond donors (Lipinski definition) is 1. The van der Waals surface area contributed by atoms with Crippen LogP contribution < -0.4 is 10.1 Å². The van der Waals surface area contributed by atoms with E-state index in [0.29, 0.717) is 11.4 Å². The summed E-state index contributed by atoms with van der Waals surface area (Å²) in [6.45, 7) is 3.65. The zero-order valence-electron chi connectivity index (χ0n) is 18.2. The molecule has 2 aromatic carbocycles. The van der Waals surface area contributed by atoms with E-state index < -0.39 is 10.0 Å². The number of rotatable bonds is 7. The summed E-state index contributed by atoms with van der Waals surface area (Å²) in [4.78, 5) is 12.9. The Hall–Kier alpha value is -2.09. The summed E-state index contributed by atoms with van der Waals surface area (Å²) in [5, 5.41) is 3.08. The lowest BCUT2D eigenvalue weighted by molar-refractivity contribution is -0.116. The van der Waals surface area contributed by atoms with Gasteiger partial charge in [0.05, 0.1) is 23.6 Å². The molecule has 0 bridgehead atoms. The number of nitrogens with zero attached hydrogens (tertiary/aromatic N) is 1. The highest BCUT2D eigenvalue weighted by molar-refractivity contribution is 7.89. The van der Waals surface area contributed by atoms with Crippen LogP contribution in [0.1, 0.15) is 43.2 Å². The molecule has 31 heavy (non-hydrogen) atoms. The van der Waals surface area contributed by atoms with Crippen LogP contribution in [-0.2, 0) is 14.8 Å². The van der Waals surface area contributed by atoms with Gasteiger partial charge in [-0.2, -0.15) is 4.31 Å². The first-order valence-electron chi connectivity index (χ1n) is 10.4. The van der Waals surface area contributed by atoms with Crippen molar-refractivity contribution in [3.05, 3.63) is 52.5 Å². The zero-order chi connectivity index (χ0) is 22.6. The number of benzene rings is 2. The second-order valence-electron chi connectivity index (χ2n) is 8.01. The van der Waals surface area contributed by atoms with Crippen LogP contribution in [0.2, 0.25) is 5.02 Å². The number of hydrogen-bond acceptors (Lipinski definition) is 4. The Morgan fingerprint density at radius 2 is 1.84 bits per heavy atom. The van der Waals surface area contributed by atoms with Crippen molar-refractivity contribution in [3.63, 3.8) is 0 Å². The van der Waals surface area contributed by atoms with Gasteiger partial charge in [-0.3, -0.25) is 4.79 Å². The molecule has 2 aromatic rings. The first-order valence-corrected chi connectivity index (χ1v) is 12.3. The molecule has 0 unspecified atom stereocenters. The number of carbonyl (C=O) groups excluding carboxylic acids is 1. The van der Waals surface area contributed by atoms with E-state index >= 15 is 0 Å². The number of amides is 1. The van der Waals surface area contributed by atoms with Gasteiger partial charge in [0.15, 0.2) is 0 Å². The highest BCUT2D eigenvalue weighted by atomic mass is 35.5. The van der Waals surface area contributed by atoms with E-state index in [2.05, 4.69) is 5.32 Å². The molecule has 1 N–H and O–H groups in total. The number of nitrogens with one attached hydrogen (secondary N) is 1. The van der Waals surface area contributed by atoms with E-state index in [1.54, 1.807) is 0 Å². The molecule has 8 heteroatoms. The molecule has 168 valence electrons. The molecule has 1 aliphatic rings. The Morgan fingerprint density at radius 3 is 2.45 bits per heavy atom. The Balaban J connectivity index is 1.88. The van der Waals surface area contributed by atoms with Crippen molar-refractivity contribution in [2.45, 2.75) is 56.9 Å². The third-order valence-corrected chi connectivity index (χ3v) is 7.86. The minimum absolute atomic E-state index is 0.0585. The van der Waals surface area contributed by atoms with Gasteiger partial charge in [0.1, 0.15) is 5.75 Å². The molecule has 0 saturated heterocycles. The fraction of sp³-hybridized carbons (Fsp3) is 0.435. The maximum absolute atomic E-state index is 13.5. The number of methoxy groups -OCH3 is 1. The molecular formula is C23H29ClN2O4S. The Morgan fingerprint density at radius 1 is 1.13 bits per heavy atom. The van der Waals surface area contributed by atoms with Crippen LogP contribution >= 0.6 is 11.6 Å². The largest absolute Gasteiger partial charge is 0.495 e. The highest BCUT2D eigenvalue weighted by Gasteiger charge is 2.34. The standard InChI is InChI=1S/C23H29ClN2O4S/c1-16-9-11-21(17(2)13-16)25-23(27)15-26(18-7-5-4-6-8-18)31(28,29)19-10-12-22(30-3)20(24)14-19/h9-14,18H,4-8,15H2,1-3H3,(H,25,27). The normalized spacial score (nSPS) is 15.1. The van der Waals surface area contributed by atoms with Crippen LogP contribution in [0, 0.1) is 13.8 Å². The second kappa shape index (κ2) is 10.0. The van der Waals surface area contributed by atoms with E-state index in [1.165, 1.54) is 29.6 Å². The average molecular weight is 465 g/mol. The summed E-state index contributed by atoms with van der Waals surface area (Å²) in [6, 6.07) is 9.90. The first kappa shape index (κ1) is 23.6. The molecule has 0 atom stereocenters. The van der Waals surface area contributed by atoms with Crippen LogP contribution in [0.5, 0.6) is 5.75 Å². The van der Waals surface area contributed by atoms with Crippen LogP contribution in [0.3, 0.4) is 0 Å². The quantitative estimate of drug-likeness (QED) is 0.630. The smallest absolute Gasteiger partial charge is 0.243 e. The number of aryl methyl sites for hydroxylation is 2. The summed E-state index contributed by atoms with van der Waals surface area (Å²) in [6.07, 6.45) is 4.44. The molecule has 1 saturated carbocycles. The molecule has 0 heterocycles. The maximum Gasteiger partial charge on any atom is 0.243 e. The Labute approximate surface area is 189 Å². The molecule has 1 aliphatic carbocycles. The molecule has 0 aliphatic heterocycles. The van der Waals surface area contributed by atoms with Crippen LogP contribution in [0.25, 0.3) is 0 Å². The minimum Gasteiger partial charge on any atom is -0.495 e. The Bertz CT molecular complexity index is 1050. The van der Waals surface area contributed by atoms with Gasteiger partial charge in [0.25, 0.3) is 0 Å². The van der Waals surface area contributed by atoms with Crippen molar-refractivity contribution in [1.82, 2.24) is 4.31 Å². The molecular weight excluding hydrogens is 436 g/mol. The molecule has 3 rings (SSSR count). The predicted molar refractivity (Wildman–Crippen MR) is 123 cm³/mol. The fourth-order valence-corrected chi connectivity index (χ4v) is 6.00. The number of anilines is 1. The summed E-state index contributed by atoms with van der Waals surface area (Å²) >= 11 is 6.18. The predicted octanol–water partition coefficient (Wildman–Crippen LogP) is 4.93. The number of halogens is 1. The number of ether oxygens (including phenoxy) is 1. The van der Waals surface area contributed by atoms with Crippen LogP contribution in [-0.4, -0.2) is 38.3 Å². The molecule has 6 nitrogen and oxygen atoms in total. The zero-order valence-corrected chi connectivity index (χ0v) is 19.7. The lowest BCUT2D eigenvalue weighted by atomic mass is 9.95. The van der Waals surface area contributed by atoms with Crippen molar-refractivity contribution in [3.8, 4) is 5.75 Å². The molecule has 1 amide bonds. The third-order valence-electron chi connectivity index (χ3n) is 5.67. The van der Waals surface area contributed by atoms with Gasteiger partial charge < -0.3 is 10.1 Å². The van der Waals surface area contributed by atoms with Gasteiger partial charge in [-0.1, -0.05) is 48.6 Å². The maximum atomic E-state index is 13.5. The van der Waals surface area contributed by atoms with E-state index in [1.807, 2.05) is 32.0 Å². The SMILES string of the molecule is COc1ccc(S(=O)(=O)N(CC(=O)Nc2ccc(C)cc2C)C2CCCCC2)cc1Cl. The van der Waals surface area contributed by atoms with Crippen molar-refractivity contribution in [2.24, 2.45) is 0 Å². The highest BCUT2D eigenvalue weighted by Crippen LogP contribution is 2.32. The minimum atomic E-state index is -3.92. The first-order chi connectivity index (χ1) is 14.7. The summed E-state index contributed by atoms with van der Waals surface area (Å²) in [5.74, 6) is 0.0399. The van der Waals surface area contributed by atoms with Crippen molar-refractivity contribution in [2.75, 3.05) is 19.0 Å².